The number of hydrazone groups is 1. The fourth-order valence-electron chi connectivity index (χ4n) is 3.47. The number of aryl methyl sites for hydroxylation is 1. The van der Waals surface area contributed by atoms with Gasteiger partial charge in [0, 0.05) is 28.2 Å². The number of carbonyl (C=O) groups excluding carboxylic acids is 1. The molecule has 0 spiro atoms. The normalized spacial score (nSPS) is 11.2. The Hall–Kier alpha value is -3.91. The first-order valence-corrected chi connectivity index (χ1v) is 11.0. The van der Waals surface area contributed by atoms with E-state index in [4.69, 9.17) is 0 Å². The molecule has 0 saturated heterocycles. The van der Waals surface area contributed by atoms with Crippen LogP contribution in [-0.4, -0.2) is 27.6 Å². The molecule has 0 aliphatic carbocycles. The molecule has 32 heavy (non-hydrogen) atoms. The van der Waals surface area contributed by atoms with E-state index < -0.39 is 4.92 Å². The molecule has 1 N–H and O–H groups in total. The van der Waals surface area contributed by atoms with E-state index in [1.54, 1.807) is 34.6 Å². The minimum absolute atomic E-state index is 0.209. The molecule has 0 aliphatic rings. The molecule has 4 rings (SSSR count). The lowest BCUT2D eigenvalue weighted by molar-refractivity contribution is -0.384. The van der Waals surface area contributed by atoms with E-state index in [1.807, 2.05) is 61.7 Å². The molecule has 0 radical (unpaired) electrons. The van der Waals surface area contributed by atoms with Gasteiger partial charge in [0.15, 0.2) is 0 Å². The van der Waals surface area contributed by atoms with Crippen LogP contribution in [0, 0.1) is 17.0 Å². The number of carbonyl (C=O) groups is 1. The fraction of sp³-hybridized carbons (Fsp3) is 0.0833. The van der Waals surface area contributed by atoms with Crippen LogP contribution in [0.1, 0.15) is 27.2 Å². The first-order valence-electron chi connectivity index (χ1n) is 9.81. The number of rotatable bonds is 7. The van der Waals surface area contributed by atoms with Gasteiger partial charge >= 0.3 is 0 Å². The predicted octanol–water partition coefficient (Wildman–Crippen LogP) is 5.55. The number of fused-ring (bicyclic) bond motifs is 1. The van der Waals surface area contributed by atoms with Crippen molar-refractivity contribution in [2.24, 2.45) is 5.10 Å². The topological polar surface area (TPSA) is 89.0 Å². The number of pyridine rings is 1. The lowest BCUT2D eigenvalue weighted by atomic mass is 10.0. The van der Waals surface area contributed by atoms with Crippen LogP contribution < -0.4 is 5.43 Å². The third-order valence-corrected chi connectivity index (χ3v) is 5.80. The third-order valence-electron chi connectivity index (χ3n) is 5.06. The van der Waals surface area contributed by atoms with Crippen molar-refractivity contribution in [2.45, 2.75) is 11.8 Å². The van der Waals surface area contributed by atoms with Crippen LogP contribution in [-0.2, 0) is 0 Å². The molecular formula is C24H20N4O3S. The number of thioether (sulfide) groups is 1. The molecule has 7 nitrogen and oxygen atoms in total. The fourth-order valence-corrected chi connectivity index (χ4v) is 3.88. The van der Waals surface area contributed by atoms with Crippen molar-refractivity contribution in [3.05, 3.63) is 105 Å². The molecule has 160 valence electrons. The average Bonchev–Trinajstić information content (AvgIpc) is 3.14. The van der Waals surface area contributed by atoms with E-state index in [1.165, 1.54) is 12.1 Å². The zero-order chi connectivity index (χ0) is 22.7. The average molecular weight is 445 g/mol. The summed E-state index contributed by atoms with van der Waals surface area (Å²) in [4.78, 5) is 25.5. The maximum atomic E-state index is 13.2. The number of nitrogens with zero attached hydrogens (tertiary/aromatic N) is 3. The third kappa shape index (κ3) is 4.26. The summed E-state index contributed by atoms with van der Waals surface area (Å²) < 4.78 is 1.79. The molecule has 0 unspecified atom stereocenters. The zero-order valence-electron chi connectivity index (χ0n) is 17.5. The summed E-state index contributed by atoms with van der Waals surface area (Å²) >= 11 is 1.64. The summed E-state index contributed by atoms with van der Waals surface area (Å²) in [6.07, 6.45) is 5.39. The van der Waals surface area contributed by atoms with Crippen LogP contribution in [0.3, 0.4) is 0 Å². The van der Waals surface area contributed by atoms with Crippen LogP contribution in [0.5, 0.6) is 0 Å². The molecule has 2 aromatic carbocycles. The SMILES string of the molecule is CSc1ccc(/C=N\Nc2ccc(C(=O)c3c(C)cc4ccccn34)cc2[N+](=O)[O-])cc1. The predicted molar refractivity (Wildman–Crippen MR) is 128 cm³/mol. The first-order chi connectivity index (χ1) is 15.5. The Bertz CT molecular complexity index is 1340. The van der Waals surface area contributed by atoms with E-state index in [0.29, 0.717) is 5.69 Å². The summed E-state index contributed by atoms with van der Waals surface area (Å²) in [7, 11) is 0. The second-order valence-corrected chi connectivity index (χ2v) is 8.01. The van der Waals surface area contributed by atoms with Crippen molar-refractivity contribution in [1.82, 2.24) is 4.40 Å². The van der Waals surface area contributed by atoms with Crippen LogP contribution >= 0.6 is 11.8 Å². The lowest BCUT2D eigenvalue weighted by Crippen LogP contribution is -2.08. The maximum absolute atomic E-state index is 13.2. The number of anilines is 1. The number of nitrogens with one attached hydrogen (secondary N) is 1. The Morgan fingerprint density at radius 3 is 2.62 bits per heavy atom. The lowest BCUT2D eigenvalue weighted by Gasteiger charge is -2.07. The van der Waals surface area contributed by atoms with Gasteiger partial charge in [-0.3, -0.25) is 20.3 Å². The minimum atomic E-state index is -0.523. The van der Waals surface area contributed by atoms with Gasteiger partial charge in [-0.25, -0.2) is 0 Å². The van der Waals surface area contributed by atoms with Crippen molar-refractivity contribution in [3.8, 4) is 0 Å². The Labute approximate surface area is 188 Å². The summed E-state index contributed by atoms with van der Waals surface area (Å²) in [5.41, 5.74) is 6.00. The standard InChI is InChI=1S/C24H20N4O3S/c1-16-13-19-5-3-4-12-27(19)23(16)24(29)18-8-11-21(22(14-18)28(30)31)26-25-15-17-6-9-20(32-2)10-7-17/h3-15,26H,1-2H3/b25-15-. The van der Waals surface area contributed by atoms with Crippen LogP contribution in [0.15, 0.2) is 82.9 Å². The van der Waals surface area contributed by atoms with E-state index >= 15 is 0 Å². The van der Waals surface area contributed by atoms with Crippen molar-refractivity contribution < 1.29 is 9.72 Å². The van der Waals surface area contributed by atoms with E-state index in [0.717, 1.165) is 21.5 Å². The largest absolute Gasteiger partial charge is 0.313 e. The van der Waals surface area contributed by atoms with Crippen LogP contribution in [0.4, 0.5) is 11.4 Å². The Morgan fingerprint density at radius 2 is 1.91 bits per heavy atom. The van der Waals surface area contributed by atoms with Gasteiger partial charge in [0.25, 0.3) is 5.69 Å². The summed E-state index contributed by atoms with van der Waals surface area (Å²) in [6, 6.07) is 19.7. The molecule has 4 aromatic rings. The second kappa shape index (κ2) is 9.07. The number of nitro benzene ring substituents is 1. The van der Waals surface area contributed by atoms with E-state index in [9.17, 15) is 14.9 Å². The number of benzene rings is 2. The Kier molecular flexibility index (Phi) is 6.04. The summed E-state index contributed by atoms with van der Waals surface area (Å²) in [5.74, 6) is -0.277. The summed E-state index contributed by atoms with van der Waals surface area (Å²) in [5, 5.41) is 15.8. The maximum Gasteiger partial charge on any atom is 0.294 e. The van der Waals surface area contributed by atoms with Gasteiger partial charge < -0.3 is 4.40 Å². The first kappa shape index (κ1) is 21.3. The Balaban J connectivity index is 1.61. The van der Waals surface area contributed by atoms with Crippen LogP contribution in [0.2, 0.25) is 0 Å². The summed E-state index contributed by atoms with van der Waals surface area (Å²) in [6.45, 7) is 1.85. The molecular weight excluding hydrogens is 424 g/mol. The molecule has 0 fully saturated rings. The molecule has 0 atom stereocenters. The molecule has 0 aliphatic heterocycles. The number of hydrogen-bond donors (Lipinski definition) is 1. The van der Waals surface area contributed by atoms with Crippen molar-refractivity contribution in [3.63, 3.8) is 0 Å². The molecule has 0 saturated carbocycles. The molecule has 8 heteroatoms. The van der Waals surface area contributed by atoms with Crippen LogP contribution in [0.25, 0.3) is 5.52 Å². The highest BCUT2D eigenvalue weighted by molar-refractivity contribution is 7.98. The van der Waals surface area contributed by atoms with Crippen molar-refractivity contribution >= 4 is 40.7 Å². The molecule has 0 amide bonds. The zero-order valence-corrected chi connectivity index (χ0v) is 18.3. The van der Waals surface area contributed by atoms with E-state index in [2.05, 4.69) is 10.5 Å². The van der Waals surface area contributed by atoms with Gasteiger partial charge in [-0.2, -0.15) is 5.10 Å². The van der Waals surface area contributed by atoms with Gasteiger partial charge in [-0.15, -0.1) is 11.8 Å². The monoisotopic (exact) mass is 444 g/mol. The van der Waals surface area contributed by atoms with Gasteiger partial charge in [-0.05, 0) is 66.8 Å². The number of aromatic nitrogens is 1. The quantitative estimate of drug-likeness (QED) is 0.133. The van der Waals surface area contributed by atoms with Gasteiger partial charge in [0.1, 0.15) is 5.69 Å². The van der Waals surface area contributed by atoms with E-state index in [-0.39, 0.29) is 22.7 Å². The van der Waals surface area contributed by atoms with Gasteiger partial charge in [0.05, 0.1) is 16.8 Å². The minimum Gasteiger partial charge on any atom is -0.313 e. The molecule has 0 bridgehead atoms. The Morgan fingerprint density at radius 1 is 1.12 bits per heavy atom. The van der Waals surface area contributed by atoms with Gasteiger partial charge in [-0.1, -0.05) is 18.2 Å². The highest BCUT2D eigenvalue weighted by atomic mass is 32.2. The number of hydrogen-bond acceptors (Lipinski definition) is 6. The highest BCUT2D eigenvalue weighted by Gasteiger charge is 2.21. The smallest absolute Gasteiger partial charge is 0.294 e. The number of ketones is 1. The van der Waals surface area contributed by atoms with Gasteiger partial charge in [0.2, 0.25) is 5.78 Å². The number of nitro groups is 1. The molecule has 2 heterocycles. The molecule has 2 aromatic heterocycles. The van der Waals surface area contributed by atoms with Crippen molar-refractivity contribution in [2.75, 3.05) is 11.7 Å². The highest BCUT2D eigenvalue weighted by Crippen LogP contribution is 2.28. The second-order valence-electron chi connectivity index (χ2n) is 7.13. The van der Waals surface area contributed by atoms with Crippen molar-refractivity contribution in [1.29, 1.82) is 0 Å².